The van der Waals surface area contributed by atoms with Crippen molar-refractivity contribution in [1.29, 1.82) is 0 Å². The Bertz CT molecular complexity index is 556. The predicted octanol–water partition coefficient (Wildman–Crippen LogP) is 1.72. The van der Waals surface area contributed by atoms with Gasteiger partial charge in [-0.2, -0.15) is 0 Å². The normalized spacial score (nSPS) is 17.2. The van der Waals surface area contributed by atoms with Crippen LogP contribution in [0.1, 0.15) is 31.5 Å². The van der Waals surface area contributed by atoms with Gasteiger partial charge in [0.25, 0.3) is 0 Å². The maximum atomic E-state index is 4.37. The van der Waals surface area contributed by atoms with E-state index in [1.54, 1.807) is 6.20 Å². The number of aryl methyl sites for hydroxylation is 1. The number of nitrogens with one attached hydrogen (secondary N) is 1. The first kappa shape index (κ1) is 13.3. The van der Waals surface area contributed by atoms with Gasteiger partial charge in [0, 0.05) is 25.5 Å². The lowest BCUT2D eigenvalue weighted by atomic mass is 10.2. The van der Waals surface area contributed by atoms with E-state index in [9.17, 15) is 0 Å². The molecule has 0 spiro atoms. The van der Waals surface area contributed by atoms with Crippen LogP contribution in [0.3, 0.4) is 0 Å². The highest BCUT2D eigenvalue weighted by atomic mass is 15.3. The molecule has 0 aromatic carbocycles. The molecule has 108 valence electrons. The van der Waals surface area contributed by atoms with Crippen molar-refractivity contribution in [2.75, 3.05) is 31.5 Å². The van der Waals surface area contributed by atoms with Crippen molar-refractivity contribution < 1.29 is 0 Å². The second-order valence-electron chi connectivity index (χ2n) is 5.40. The number of fused-ring (bicyclic) bond motifs is 1. The highest BCUT2D eigenvalue weighted by Crippen LogP contribution is 2.12. The quantitative estimate of drug-likeness (QED) is 0.920. The lowest BCUT2D eigenvalue weighted by Crippen LogP contribution is -2.30. The monoisotopic (exact) mass is 274 g/mol. The summed E-state index contributed by atoms with van der Waals surface area (Å²) in [5.74, 6) is 1.71. The predicted molar refractivity (Wildman–Crippen MR) is 78.9 cm³/mol. The Kier molecular flexibility index (Phi) is 4.11. The largest absolute Gasteiger partial charge is 0.366 e. The molecule has 0 bridgehead atoms. The van der Waals surface area contributed by atoms with Gasteiger partial charge < -0.3 is 10.2 Å². The summed E-state index contributed by atoms with van der Waals surface area (Å²) in [5, 5.41) is 11.7. The minimum absolute atomic E-state index is 0.806. The summed E-state index contributed by atoms with van der Waals surface area (Å²) in [7, 11) is 0. The molecule has 2 aromatic rings. The molecule has 6 nitrogen and oxygen atoms in total. The van der Waals surface area contributed by atoms with Crippen LogP contribution in [0, 0.1) is 6.92 Å². The van der Waals surface area contributed by atoms with Gasteiger partial charge in [-0.15, -0.1) is 10.2 Å². The Morgan fingerprint density at radius 3 is 2.75 bits per heavy atom. The molecule has 0 radical (unpaired) electrons. The molecule has 0 amide bonds. The zero-order chi connectivity index (χ0) is 13.8. The Morgan fingerprint density at radius 2 is 1.95 bits per heavy atom. The van der Waals surface area contributed by atoms with Gasteiger partial charge in [-0.25, -0.2) is 4.98 Å². The number of likely N-dealkylation sites (tertiary alicyclic amines) is 1. The van der Waals surface area contributed by atoms with Crippen molar-refractivity contribution in [3.63, 3.8) is 0 Å². The zero-order valence-electron chi connectivity index (χ0n) is 12.0. The fourth-order valence-corrected chi connectivity index (χ4v) is 2.76. The molecule has 0 unspecified atom stereocenters. The third-order valence-electron chi connectivity index (χ3n) is 3.92. The molecule has 1 aliphatic rings. The first-order valence-electron chi connectivity index (χ1n) is 7.47. The van der Waals surface area contributed by atoms with Gasteiger partial charge in [-0.3, -0.25) is 4.40 Å². The van der Waals surface area contributed by atoms with E-state index < -0.39 is 0 Å². The molecule has 1 N–H and O–H groups in total. The maximum Gasteiger partial charge on any atom is 0.203 e. The second kappa shape index (κ2) is 6.17. The third kappa shape index (κ3) is 2.90. The Morgan fingerprint density at radius 1 is 1.15 bits per heavy atom. The molecule has 6 heteroatoms. The maximum absolute atomic E-state index is 4.37. The summed E-state index contributed by atoms with van der Waals surface area (Å²) >= 11 is 0. The molecule has 1 fully saturated rings. The van der Waals surface area contributed by atoms with Gasteiger partial charge in [-0.1, -0.05) is 12.8 Å². The first-order chi connectivity index (χ1) is 9.84. The molecule has 3 heterocycles. The summed E-state index contributed by atoms with van der Waals surface area (Å²) in [5.41, 5.74) is 0.806. The summed E-state index contributed by atoms with van der Waals surface area (Å²) in [4.78, 5) is 6.91. The van der Waals surface area contributed by atoms with Crippen molar-refractivity contribution in [2.24, 2.45) is 0 Å². The minimum atomic E-state index is 0.806. The van der Waals surface area contributed by atoms with E-state index in [4.69, 9.17) is 0 Å². The molecule has 1 aliphatic heterocycles. The van der Waals surface area contributed by atoms with Crippen LogP contribution in [0.25, 0.3) is 5.65 Å². The van der Waals surface area contributed by atoms with Crippen molar-refractivity contribution in [3.05, 3.63) is 18.2 Å². The fourth-order valence-electron chi connectivity index (χ4n) is 2.76. The van der Waals surface area contributed by atoms with Crippen LogP contribution >= 0.6 is 0 Å². The zero-order valence-corrected chi connectivity index (χ0v) is 12.0. The van der Waals surface area contributed by atoms with Crippen LogP contribution in [0.2, 0.25) is 0 Å². The van der Waals surface area contributed by atoms with Gasteiger partial charge in [0.05, 0.1) is 0 Å². The number of aromatic nitrogens is 4. The smallest absolute Gasteiger partial charge is 0.203 e. The number of hydrogen-bond acceptors (Lipinski definition) is 5. The van der Waals surface area contributed by atoms with Crippen LogP contribution in [-0.2, 0) is 0 Å². The van der Waals surface area contributed by atoms with Crippen molar-refractivity contribution >= 4 is 11.5 Å². The summed E-state index contributed by atoms with van der Waals surface area (Å²) < 4.78 is 1.96. The molecular formula is C14H22N6. The molecule has 20 heavy (non-hydrogen) atoms. The standard InChI is InChI=1S/C14H22N6/c1-12-17-18-14-13(16-7-11-20(12)14)15-6-10-19-8-4-2-3-5-9-19/h7,11H,2-6,8-10H2,1H3,(H,15,16). The Hall–Kier alpha value is -1.69. The van der Waals surface area contributed by atoms with Crippen molar-refractivity contribution in [3.8, 4) is 0 Å². The lowest BCUT2D eigenvalue weighted by Gasteiger charge is -2.19. The molecule has 3 rings (SSSR count). The Labute approximate surface area is 119 Å². The van der Waals surface area contributed by atoms with Crippen LogP contribution < -0.4 is 5.32 Å². The summed E-state index contributed by atoms with van der Waals surface area (Å²) in [6, 6.07) is 0. The molecule has 1 saturated heterocycles. The van der Waals surface area contributed by atoms with Crippen LogP contribution in [-0.4, -0.2) is 50.7 Å². The van der Waals surface area contributed by atoms with Crippen molar-refractivity contribution in [2.45, 2.75) is 32.6 Å². The first-order valence-corrected chi connectivity index (χ1v) is 7.47. The molecular weight excluding hydrogens is 252 g/mol. The molecule has 0 atom stereocenters. The summed E-state index contributed by atoms with van der Waals surface area (Å²) in [6.45, 7) is 6.36. The van der Waals surface area contributed by atoms with E-state index in [1.165, 1.54) is 38.8 Å². The average molecular weight is 274 g/mol. The fraction of sp³-hybridized carbons (Fsp3) is 0.643. The minimum Gasteiger partial charge on any atom is -0.366 e. The highest BCUT2D eigenvalue weighted by molar-refractivity contribution is 5.61. The van der Waals surface area contributed by atoms with E-state index in [1.807, 2.05) is 17.5 Å². The SMILES string of the molecule is Cc1nnc2c(NCCN3CCCCCC3)nccn12. The number of rotatable bonds is 4. The third-order valence-corrected chi connectivity index (χ3v) is 3.92. The topological polar surface area (TPSA) is 58.4 Å². The average Bonchev–Trinajstić information content (AvgIpc) is 2.69. The molecule has 0 saturated carbocycles. The van der Waals surface area contributed by atoms with Gasteiger partial charge in [0.1, 0.15) is 5.82 Å². The van der Waals surface area contributed by atoms with E-state index in [-0.39, 0.29) is 0 Å². The van der Waals surface area contributed by atoms with Crippen molar-refractivity contribution in [1.82, 2.24) is 24.5 Å². The van der Waals surface area contributed by atoms with E-state index in [2.05, 4.69) is 25.4 Å². The van der Waals surface area contributed by atoms with Crippen LogP contribution in [0.4, 0.5) is 5.82 Å². The second-order valence-corrected chi connectivity index (χ2v) is 5.40. The number of nitrogens with zero attached hydrogens (tertiary/aromatic N) is 5. The van der Waals surface area contributed by atoms with E-state index >= 15 is 0 Å². The van der Waals surface area contributed by atoms with Crippen LogP contribution in [0.15, 0.2) is 12.4 Å². The highest BCUT2D eigenvalue weighted by Gasteiger charge is 2.10. The van der Waals surface area contributed by atoms with Gasteiger partial charge in [-0.05, 0) is 32.9 Å². The molecule has 2 aromatic heterocycles. The molecule has 0 aliphatic carbocycles. The summed E-state index contributed by atoms with van der Waals surface area (Å²) in [6.07, 6.45) is 9.10. The van der Waals surface area contributed by atoms with Gasteiger partial charge >= 0.3 is 0 Å². The van der Waals surface area contributed by atoms with E-state index in [0.29, 0.717) is 0 Å². The number of hydrogen-bond donors (Lipinski definition) is 1. The Balaban J connectivity index is 1.59. The van der Waals surface area contributed by atoms with Gasteiger partial charge in [0.15, 0.2) is 5.82 Å². The number of anilines is 1. The van der Waals surface area contributed by atoms with Crippen LogP contribution in [0.5, 0.6) is 0 Å². The van der Waals surface area contributed by atoms with Gasteiger partial charge in [0.2, 0.25) is 5.65 Å². The lowest BCUT2D eigenvalue weighted by molar-refractivity contribution is 0.296. The van der Waals surface area contributed by atoms with E-state index in [0.717, 1.165) is 30.4 Å².